The second kappa shape index (κ2) is 5.73. The van der Waals surface area contributed by atoms with Crippen molar-refractivity contribution in [2.24, 2.45) is 0 Å². The fourth-order valence-electron chi connectivity index (χ4n) is 1.99. The maximum atomic E-state index is 11.6. The lowest BCUT2D eigenvalue weighted by atomic mass is 10.2. The molecule has 6 heteroatoms. The molecule has 0 radical (unpaired) electrons. The van der Waals surface area contributed by atoms with Crippen LogP contribution in [0.1, 0.15) is 30.6 Å². The highest BCUT2D eigenvalue weighted by Crippen LogP contribution is 2.15. The summed E-state index contributed by atoms with van der Waals surface area (Å²) in [5.74, 6) is -0.984. The Morgan fingerprint density at radius 3 is 2.80 bits per heavy atom. The van der Waals surface area contributed by atoms with E-state index < -0.39 is 5.97 Å². The first-order valence-corrected chi connectivity index (χ1v) is 6.45. The van der Waals surface area contributed by atoms with E-state index >= 15 is 0 Å². The van der Waals surface area contributed by atoms with Crippen molar-refractivity contribution >= 4 is 22.9 Å². The van der Waals surface area contributed by atoms with E-state index in [-0.39, 0.29) is 17.5 Å². The van der Waals surface area contributed by atoms with Crippen molar-refractivity contribution in [2.75, 3.05) is 0 Å². The van der Waals surface area contributed by atoms with Gasteiger partial charge in [0.25, 0.3) is 0 Å². The molecule has 20 heavy (non-hydrogen) atoms. The Balaban J connectivity index is 2.12. The highest BCUT2D eigenvalue weighted by atomic mass is 16.4. The van der Waals surface area contributed by atoms with Crippen LogP contribution < -0.4 is 5.32 Å². The number of nitrogens with zero attached hydrogens (tertiary/aromatic N) is 2. The van der Waals surface area contributed by atoms with Crippen LogP contribution in [0.4, 0.5) is 0 Å². The van der Waals surface area contributed by atoms with Gasteiger partial charge in [-0.15, -0.1) is 0 Å². The van der Waals surface area contributed by atoms with Crippen molar-refractivity contribution < 1.29 is 14.7 Å². The summed E-state index contributed by atoms with van der Waals surface area (Å²) in [6.07, 6.45) is 1.99. The molecule has 2 aromatic rings. The van der Waals surface area contributed by atoms with E-state index in [1.165, 1.54) is 12.1 Å². The number of aromatic carboxylic acids is 1. The van der Waals surface area contributed by atoms with Crippen molar-refractivity contribution in [2.45, 2.75) is 32.9 Å². The molecule has 2 N–H and O–H groups in total. The van der Waals surface area contributed by atoms with E-state index in [1.54, 1.807) is 12.4 Å². The summed E-state index contributed by atoms with van der Waals surface area (Å²) in [4.78, 5) is 26.7. The Kier molecular flexibility index (Phi) is 4.02. The number of benzene rings is 1. The number of hydrogen-bond donors (Lipinski definition) is 2. The number of carbonyl (C=O) groups is 2. The van der Waals surface area contributed by atoms with Gasteiger partial charge in [-0.25, -0.2) is 9.78 Å². The van der Waals surface area contributed by atoms with Crippen LogP contribution in [-0.4, -0.2) is 32.6 Å². The molecule has 0 atom stereocenters. The summed E-state index contributed by atoms with van der Waals surface area (Å²) >= 11 is 0. The summed E-state index contributed by atoms with van der Waals surface area (Å²) in [7, 11) is 0. The molecule has 0 aliphatic rings. The van der Waals surface area contributed by atoms with Crippen LogP contribution in [0.15, 0.2) is 24.5 Å². The topological polar surface area (TPSA) is 84.2 Å². The molecular weight excluding hydrogens is 258 g/mol. The van der Waals surface area contributed by atoms with E-state index in [0.717, 1.165) is 5.52 Å². The van der Waals surface area contributed by atoms with E-state index in [2.05, 4.69) is 10.3 Å². The number of aromatic nitrogens is 2. The average molecular weight is 275 g/mol. The van der Waals surface area contributed by atoms with Crippen LogP contribution in [0.3, 0.4) is 0 Å². The van der Waals surface area contributed by atoms with Crippen LogP contribution in [0.2, 0.25) is 0 Å². The minimum Gasteiger partial charge on any atom is -0.478 e. The molecule has 1 amide bonds. The first-order chi connectivity index (χ1) is 9.47. The zero-order chi connectivity index (χ0) is 14.7. The monoisotopic (exact) mass is 275 g/mol. The molecule has 6 nitrogen and oxygen atoms in total. The highest BCUT2D eigenvalue weighted by Gasteiger charge is 2.09. The maximum Gasteiger partial charge on any atom is 0.335 e. The number of amides is 1. The summed E-state index contributed by atoms with van der Waals surface area (Å²) in [5, 5.41) is 11.8. The van der Waals surface area contributed by atoms with Gasteiger partial charge in [-0.2, -0.15) is 0 Å². The van der Waals surface area contributed by atoms with Crippen LogP contribution in [-0.2, 0) is 11.3 Å². The fraction of sp³-hybridized carbons (Fsp3) is 0.357. The molecule has 1 heterocycles. The maximum absolute atomic E-state index is 11.6. The first kappa shape index (κ1) is 14.0. The Hall–Kier alpha value is -2.37. The quantitative estimate of drug-likeness (QED) is 0.869. The predicted octanol–water partition coefficient (Wildman–Crippen LogP) is 1.65. The van der Waals surface area contributed by atoms with Gasteiger partial charge < -0.3 is 15.0 Å². The SMILES string of the molecule is CC(C)NC(=O)CCn1cnc2cc(C(=O)O)ccc21. The Bertz CT molecular complexity index is 646. The number of carboxylic acid groups (broad SMARTS) is 1. The minimum absolute atomic E-state index is 0.0102. The minimum atomic E-state index is -0.974. The van der Waals surface area contributed by atoms with Crippen LogP contribution in [0.25, 0.3) is 11.0 Å². The van der Waals surface area contributed by atoms with Gasteiger partial charge in [0.2, 0.25) is 5.91 Å². The van der Waals surface area contributed by atoms with Crippen LogP contribution >= 0.6 is 0 Å². The van der Waals surface area contributed by atoms with E-state index in [9.17, 15) is 9.59 Å². The molecular formula is C14H17N3O3. The normalized spacial score (nSPS) is 10.9. The number of rotatable bonds is 5. The Labute approximate surface area is 116 Å². The van der Waals surface area contributed by atoms with Gasteiger partial charge in [-0.3, -0.25) is 4.79 Å². The van der Waals surface area contributed by atoms with Gasteiger partial charge in [-0.1, -0.05) is 0 Å². The number of nitrogens with one attached hydrogen (secondary N) is 1. The van der Waals surface area contributed by atoms with Gasteiger partial charge in [0, 0.05) is 19.0 Å². The lowest BCUT2D eigenvalue weighted by Crippen LogP contribution is -2.30. The van der Waals surface area contributed by atoms with Gasteiger partial charge in [0.15, 0.2) is 0 Å². The van der Waals surface area contributed by atoms with E-state index in [0.29, 0.717) is 18.5 Å². The highest BCUT2D eigenvalue weighted by molar-refractivity contribution is 5.92. The van der Waals surface area contributed by atoms with Gasteiger partial charge in [-0.05, 0) is 32.0 Å². The smallest absolute Gasteiger partial charge is 0.335 e. The summed E-state index contributed by atoms with van der Waals surface area (Å²) in [6.45, 7) is 4.34. The number of imidazole rings is 1. The Morgan fingerprint density at radius 2 is 2.15 bits per heavy atom. The number of carboxylic acids is 1. The predicted molar refractivity (Wildman–Crippen MR) is 74.6 cm³/mol. The Morgan fingerprint density at radius 1 is 1.40 bits per heavy atom. The molecule has 0 unspecified atom stereocenters. The third-order valence-corrected chi connectivity index (χ3v) is 2.90. The molecule has 0 aliphatic heterocycles. The van der Waals surface area contributed by atoms with E-state index in [1.807, 2.05) is 18.4 Å². The lowest BCUT2D eigenvalue weighted by molar-refractivity contribution is -0.121. The first-order valence-electron chi connectivity index (χ1n) is 6.45. The van der Waals surface area contributed by atoms with Crippen LogP contribution in [0.5, 0.6) is 0 Å². The molecule has 0 fully saturated rings. The second-order valence-corrected chi connectivity index (χ2v) is 4.92. The molecule has 1 aromatic heterocycles. The van der Waals surface area contributed by atoms with Crippen LogP contribution in [0, 0.1) is 0 Å². The molecule has 0 spiro atoms. The number of aryl methyl sites for hydroxylation is 1. The fourth-order valence-corrected chi connectivity index (χ4v) is 1.99. The van der Waals surface area contributed by atoms with Crippen molar-refractivity contribution in [1.29, 1.82) is 0 Å². The number of hydrogen-bond acceptors (Lipinski definition) is 3. The molecule has 2 rings (SSSR count). The summed E-state index contributed by atoms with van der Waals surface area (Å²) in [5.41, 5.74) is 1.65. The molecule has 0 saturated carbocycles. The van der Waals surface area contributed by atoms with Crippen molar-refractivity contribution in [3.63, 3.8) is 0 Å². The second-order valence-electron chi connectivity index (χ2n) is 4.92. The number of fused-ring (bicyclic) bond motifs is 1. The molecule has 0 bridgehead atoms. The standard InChI is InChI=1S/C14H17N3O3/c1-9(2)16-13(18)5-6-17-8-15-11-7-10(14(19)20)3-4-12(11)17/h3-4,7-9H,5-6H2,1-2H3,(H,16,18)(H,19,20). The molecule has 0 saturated heterocycles. The van der Waals surface area contributed by atoms with Gasteiger partial charge in [0.1, 0.15) is 0 Å². The largest absolute Gasteiger partial charge is 0.478 e. The molecule has 106 valence electrons. The van der Waals surface area contributed by atoms with Gasteiger partial charge in [0.05, 0.1) is 22.9 Å². The molecule has 0 aliphatic carbocycles. The average Bonchev–Trinajstić information content (AvgIpc) is 2.77. The number of carbonyl (C=O) groups excluding carboxylic acids is 1. The lowest BCUT2D eigenvalue weighted by Gasteiger charge is -2.09. The third kappa shape index (κ3) is 3.14. The summed E-state index contributed by atoms with van der Waals surface area (Å²) in [6, 6.07) is 4.91. The molecule has 1 aromatic carbocycles. The van der Waals surface area contributed by atoms with E-state index in [4.69, 9.17) is 5.11 Å². The van der Waals surface area contributed by atoms with Crippen molar-refractivity contribution in [1.82, 2.24) is 14.9 Å². The third-order valence-electron chi connectivity index (χ3n) is 2.90. The zero-order valence-electron chi connectivity index (χ0n) is 11.5. The summed E-state index contributed by atoms with van der Waals surface area (Å²) < 4.78 is 1.85. The van der Waals surface area contributed by atoms with Gasteiger partial charge >= 0.3 is 5.97 Å². The zero-order valence-corrected chi connectivity index (χ0v) is 11.5. The van der Waals surface area contributed by atoms with Crippen molar-refractivity contribution in [3.8, 4) is 0 Å². The van der Waals surface area contributed by atoms with Crippen molar-refractivity contribution in [3.05, 3.63) is 30.1 Å².